The predicted molar refractivity (Wildman–Crippen MR) is 113 cm³/mol. The number of carbonyl (C=O) groups is 1. The lowest BCUT2D eigenvalue weighted by molar-refractivity contribution is -0.284. The first-order valence-electron chi connectivity index (χ1n) is 10.3. The van der Waals surface area contributed by atoms with Crippen LogP contribution in [0.15, 0.2) is 12.4 Å². The lowest BCUT2D eigenvalue weighted by Gasteiger charge is -2.20. The van der Waals surface area contributed by atoms with Crippen LogP contribution in [-0.2, 0) is 23.7 Å². The molecule has 1 amide bonds. The van der Waals surface area contributed by atoms with Crippen LogP contribution < -0.4 is 11.1 Å². The smallest absolute Gasteiger partial charge is 0.383 e. The molecule has 17 heteroatoms. The molecular weight excluding hydrogens is 493 g/mol. The van der Waals surface area contributed by atoms with Crippen molar-refractivity contribution in [1.82, 2.24) is 45.1 Å². The van der Waals surface area contributed by atoms with Crippen molar-refractivity contribution in [1.29, 1.82) is 0 Å². The Morgan fingerprint density at radius 1 is 1.11 bits per heavy atom. The second-order valence-electron chi connectivity index (χ2n) is 8.29. The number of nitrogens with one attached hydrogen (secondary N) is 2. The summed E-state index contributed by atoms with van der Waals surface area (Å²) < 4.78 is 66.2. The molecule has 0 fully saturated rings. The number of aromatic amines is 1. The van der Waals surface area contributed by atoms with E-state index in [-0.39, 0.29) is 45.9 Å². The maximum Gasteiger partial charge on any atom is 0.453 e. The van der Waals surface area contributed by atoms with E-state index in [1.807, 2.05) is 0 Å². The monoisotopic (exact) mass is 509 g/mol. The summed E-state index contributed by atoms with van der Waals surface area (Å²) in [7, 11) is 1.51. The van der Waals surface area contributed by atoms with Crippen molar-refractivity contribution >= 4 is 28.6 Å². The van der Waals surface area contributed by atoms with Gasteiger partial charge in [0.25, 0.3) is 0 Å². The van der Waals surface area contributed by atoms with E-state index >= 15 is 0 Å². The van der Waals surface area contributed by atoms with Crippen LogP contribution in [0.3, 0.4) is 0 Å². The van der Waals surface area contributed by atoms with Crippen LogP contribution in [0.5, 0.6) is 0 Å². The number of anilines is 2. The fourth-order valence-electron chi connectivity index (χ4n) is 3.96. The lowest BCUT2D eigenvalue weighted by Crippen LogP contribution is -2.36. The van der Waals surface area contributed by atoms with Crippen molar-refractivity contribution in [3.63, 3.8) is 0 Å². The molecule has 0 saturated heterocycles. The molecule has 0 aromatic carbocycles. The Morgan fingerprint density at radius 3 is 2.53 bits per heavy atom. The number of halogens is 5. The average Bonchev–Trinajstić information content (AvgIpc) is 3.51. The van der Waals surface area contributed by atoms with Gasteiger partial charge in [-0.1, -0.05) is 0 Å². The van der Waals surface area contributed by atoms with E-state index in [2.05, 4.69) is 45.8 Å². The van der Waals surface area contributed by atoms with Crippen molar-refractivity contribution in [2.24, 2.45) is 7.05 Å². The average molecular weight is 509 g/mol. The molecule has 1 aliphatic heterocycles. The number of hydrogen-bond donors (Lipinski definition) is 3. The zero-order valence-electron chi connectivity index (χ0n) is 18.5. The normalized spacial score (nSPS) is 18.0. The highest BCUT2D eigenvalue weighted by Crippen LogP contribution is 2.44. The summed E-state index contributed by atoms with van der Waals surface area (Å²) in [5.41, 5.74) is 5.53. The summed E-state index contributed by atoms with van der Waals surface area (Å²) in [4.78, 5) is 29.7. The standard InChI is InChI=1S/C19H16F5N11O/c1-17(8-6-26-34-33-8)10-12(25)30-14(31-13(10)32-16(17)36)11-7-5-27-35(2)15(7)29-9(28-11)3-4-18(20,21)19(22,23)24/h5-6H,3-4H2,1-2H3,(H,26,33,34)(H3,25,30,31,32,36). The van der Waals surface area contributed by atoms with E-state index in [1.54, 1.807) is 6.92 Å². The Bertz CT molecular complexity index is 1500. The molecule has 188 valence electrons. The summed E-state index contributed by atoms with van der Waals surface area (Å²) in [5.74, 6) is -5.87. The summed E-state index contributed by atoms with van der Waals surface area (Å²) in [6.45, 7) is 1.56. The van der Waals surface area contributed by atoms with Gasteiger partial charge >= 0.3 is 12.1 Å². The fourth-order valence-corrected chi connectivity index (χ4v) is 3.96. The third kappa shape index (κ3) is 3.41. The van der Waals surface area contributed by atoms with Crippen molar-refractivity contribution in [2.75, 3.05) is 11.1 Å². The van der Waals surface area contributed by atoms with Crippen LogP contribution in [0.2, 0.25) is 0 Å². The van der Waals surface area contributed by atoms with Gasteiger partial charge in [-0.25, -0.2) is 19.9 Å². The number of H-pyrrole nitrogens is 1. The highest BCUT2D eigenvalue weighted by molar-refractivity contribution is 6.08. The van der Waals surface area contributed by atoms with Crippen molar-refractivity contribution in [3.8, 4) is 11.5 Å². The van der Waals surface area contributed by atoms with Gasteiger partial charge in [0.15, 0.2) is 11.5 Å². The number of hydrogen-bond acceptors (Lipinski definition) is 9. The first-order valence-corrected chi connectivity index (χ1v) is 10.3. The summed E-state index contributed by atoms with van der Waals surface area (Å²) >= 11 is 0. The molecule has 36 heavy (non-hydrogen) atoms. The number of nitrogen functional groups attached to an aromatic ring is 1. The first kappa shape index (κ1) is 23.4. The molecule has 5 rings (SSSR count). The Morgan fingerprint density at radius 2 is 1.86 bits per heavy atom. The van der Waals surface area contributed by atoms with Gasteiger partial charge in [0.2, 0.25) is 5.91 Å². The predicted octanol–water partition coefficient (Wildman–Crippen LogP) is 1.91. The largest absolute Gasteiger partial charge is 0.453 e. The molecule has 4 N–H and O–H groups in total. The molecule has 0 saturated carbocycles. The number of aryl methyl sites for hydroxylation is 2. The molecule has 5 heterocycles. The highest BCUT2D eigenvalue weighted by Gasteiger charge is 2.56. The van der Waals surface area contributed by atoms with Crippen LogP contribution in [-0.4, -0.2) is 63.1 Å². The van der Waals surface area contributed by atoms with E-state index in [1.165, 1.54) is 24.1 Å². The molecule has 1 aliphatic rings. The maximum atomic E-state index is 13.5. The number of amides is 1. The third-order valence-electron chi connectivity index (χ3n) is 5.98. The Balaban J connectivity index is 1.61. The highest BCUT2D eigenvalue weighted by atomic mass is 19.4. The Labute approximate surface area is 197 Å². The van der Waals surface area contributed by atoms with E-state index in [4.69, 9.17) is 5.73 Å². The summed E-state index contributed by atoms with van der Waals surface area (Å²) in [6.07, 6.45) is -5.34. The van der Waals surface area contributed by atoms with Crippen LogP contribution in [0.25, 0.3) is 22.6 Å². The van der Waals surface area contributed by atoms with Gasteiger partial charge in [-0.15, -0.1) is 0 Å². The van der Waals surface area contributed by atoms with Gasteiger partial charge in [-0.3, -0.25) is 9.48 Å². The minimum absolute atomic E-state index is 0.00258. The van der Waals surface area contributed by atoms with Crippen LogP contribution in [0, 0.1) is 0 Å². The Hall–Kier alpha value is -4.31. The van der Waals surface area contributed by atoms with Crippen LogP contribution >= 0.6 is 0 Å². The second-order valence-corrected chi connectivity index (χ2v) is 8.29. The zero-order chi connectivity index (χ0) is 26.0. The van der Waals surface area contributed by atoms with E-state index in [0.717, 1.165) is 0 Å². The number of alkyl halides is 5. The van der Waals surface area contributed by atoms with Gasteiger partial charge in [0, 0.05) is 19.9 Å². The van der Waals surface area contributed by atoms with E-state index in [9.17, 15) is 26.7 Å². The number of carbonyl (C=O) groups excluding carboxylic acids is 1. The quantitative estimate of drug-likeness (QED) is 0.341. The number of nitrogens with two attached hydrogens (primary N) is 1. The van der Waals surface area contributed by atoms with Crippen molar-refractivity contribution in [2.45, 2.75) is 37.3 Å². The van der Waals surface area contributed by atoms with Crippen LogP contribution in [0.1, 0.15) is 30.4 Å². The number of nitrogens with zero attached hydrogens (tertiary/aromatic N) is 8. The van der Waals surface area contributed by atoms with Gasteiger partial charge < -0.3 is 11.1 Å². The molecule has 0 aliphatic carbocycles. The third-order valence-corrected chi connectivity index (χ3v) is 5.98. The van der Waals surface area contributed by atoms with Gasteiger partial charge in [0.1, 0.15) is 34.3 Å². The molecule has 0 radical (unpaired) electrons. The number of rotatable bonds is 5. The van der Waals surface area contributed by atoms with E-state index < -0.39 is 36.3 Å². The number of aromatic nitrogens is 9. The minimum atomic E-state index is -5.71. The van der Waals surface area contributed by atoms with Crippen molar-refractivity contribution < 1.29 is 26.7 Å². The molecule has 0 bridgehead atoms. The molecule has 12 nitrogen and oxygen atoms in total. The second kappa shape index (κ2) is 7.59. The van der Waals surface area contributed by atoms with E-state index in [0.29, 0.717) is 5.39 Å². The maximum absolute atomic E-state index is 13.5. The molecule has 4 aromatic heterocycles. The van der Waals surface area contributed by atoms with Crippen LogP contribution in [0.4, 0.5) is 33.6 Å². The molecule has 0 spiro atoms. The molecule has 1 atom stereocenters. The minimum Gasteiger partial charge on any atom is -0.383 e. The SMILES string of the molecule is Cn1ncc2c(-c3nc(N)c4c(n3)NC(=O)C4(C)c3cn[nH]n3)nc(CCC(F)(F)C(F)(F)F)nc21. The van der Waals surface area contributed by atoms with Gasteiger partial charge in [0.05, 0.1) is 23.3 Å². The first-order chi connectivity index (χ1) is 16.8. The van der Waals surface area contributed by atoms with Gasteiger partial charge in [-0.05, 0) is 6.92 Å². The van der Waals surface area contributed by atoms with Crippen molar-refractivity contribution in [3.05, 3.63) is 29.5 Å². The molecule has 1 unspecified atom stereocenters. The molecule has 4 aromatic rings. The topological polar surface area (TPSA) is 166 Å². The van der Waals surface area contributed by atoms with Gasteiger partial charge in [-0.2, -0.15) is 42.5 Å². The Kier molecular flexibility index (Phi) is 4.94. The summed E-state index contributed by atoms with van der Waals surface area (Å²) in [6, 6.07) is 0. The summed E-state index contributed by atoms with van der Waals surface area (Å²) in [5, 5.41) is 17.1. The molecular formula is C19H16F5N11O. The lowest BCUT2D eigenvalue weighted by atomic mass is 9.81. The number of fused-ring (bicyclic) bond motifs is 2. The fraction of sp³-hybridized carbons (Fsp3) is 0.368. The zero-order valence-corrected chi connectivity index (χ0v) is 18.5.